The molecular weight excluding hydrogens is 362 g/mol. The van der Waals surface area contributed by atoms with Crippen molar-refractivity contribution >= 4 is 11.6 Å². The van der Waals surface area contributed by atoms with E-state index in [0.29, 0.717) is 6.54 Å². The Bertz CT molecular complexity index is 1180. The fraction of sp³-hybridized carbons (Fsp3) is 0.217. The third-order valence-electron chi connectivity index (χ3n) is 5.58. The molecule has 1 saturated heterocycles. The number of hydrogen-bond acceptors (Lipinski definition) is 4. The average molecular weight is 383 g/mol. The molecule has 0 unspecified atom stereocenters. The number of hydrogen-bond donors (Lipinski definition) is 0. The summed E-state index contributed by atoms with van der Waals surface area (Å²) in [5.74, 6) is 1.05. The summed E-state index contributed by atoms with van der Waals surface area (Å²) in [4.78, 5) is 23.6. The van der Waals surface area contributed by atoms with Crippen molar-refractivity contribution in [2.45, 2.75) is 19.3 Å². The zero-order valence-electron chi connectivity index (χ0n) is 16.2. The van der Waals surface area contributed by atoms with Crippen LogP contribution in [0.15, 0.2) is 67.1 Å². The van der Waals surface area contributed by atoms with Gasteiger partial charge >= 0.3 is 0 Å². The molecule has 1 aromatic carbocycles. The van der Waals surface area contributed by atoms with Gasteiger partial charge in [-0.15, -0.1) is 0 Å². The zero-order valence-corrected chi connectivity index (χ0v) is 16.2. The summed E-state index contributed by atoms with van der Waals surface area (Å²) in [5, 5.41) is 4.72. The number of amides is 1. The van der Waals surface area contributed by atoms with Crippen LogP contribution in [-0.4, -0.2) is 43.5 Å². The van der Waals surface area contributed by atoms with Crippen LogP contribution < -0.4 is 0 Å². The van der Waals surface area contributed by atoms with Crippen molar-refractivity contribution in [3.63, 3.8) is 0 Å². The van der Waals surface area contributed by atoms with E-state index in [1.165, 1.54) is 0 Å². The summed E-state index contributed by atoms with van der Waals surface area (Å²) in [6.45, 7) is 3.36. The highest BCUT2D eigenvalue weighted by atomic mass is 16.2. The highest BCUT2D eigenvalue weighted by molar-refractivity contribution is 5.95. The van der Waals surface area contributed by atoms with Gasteiger partial charge in [-0.1, -0.05) is 18.2 Å². The molecule has 0 saturated carbocycles. The lowest BCUT2D eigenvalue weighted by Crippen LogP contribution is -2.29. The Morgan fingerprint density at radius 2 is 1.86 bits per heavy atom. The van der Waals surface area contributed by atoms with Crippen LogP contribution in [0.1, 0.15) is 34.1 Å². The highest BCUT2D eigenvalue weighted by Gasteiger charge is 2.31. The van der Waals surface area contributed by atoms with Gasteiger partial charge in [0, 0.05) is 48.7 Å². The number of pyridine rings is 2. The number of aromatic nitrogens is 4. The van der Waals surface area contributed by atoms with Gasteiger partial charge in [0.2, 0.25) is 0 Å². The number of rotatable bonds is 3. The van der Waals surface area contributed by atoms with Gasteiger partial charge in [-0.2, -0.15) is 5.10 Å². The van der Waals surface area contributed by atoms with Crippen molar-refractivity contribution in [1.82, 2.24) is 24.5 Å². The maximum Gasteiger partial charge on any atom is 0.254 e. The van der Waals surface area contributed by atoms with Crippen LogP contribution in [0.25, 0.3) is 16.8 Å². The fourth-order valence-electron chi connectivity index (χ4n) is 3.93. The normalized spacial score (nSPS) is 16.4. The van der Waals surface area contributed by atoms with E-state index in [9.17, 15) is 4.79 Å². The maximum absolute atomic E-state index is 12.9. The molecule has 0 bridgehead atoms. The molecular formula is C23H21N5O. The molecule has 1 aliphatic heterocycles. The molecule has 6 nitrogen and oxygen atoms in total. The fourth-order valence-corrected chi connectivity index (χ4v) is 3.93. The lowest BCUT2D eigenvalue weighted by molar-refractivity contribution is 0.0790. The Labute approximate surface area is 168 Å². The van der Waals surface area contributed by atoms with Gasteiger partial charge in [0.25, 0.3) is 5.91 Å². The number of carbonyl (C=O) groups excluding carboxylic acids is 1. The van der Waals surface area contributed by atoms with Crippen LogP contribution in [-0.2, 0) is 0 Å². The summed E-state index contributed by atoms with van der Waals surface area (Å²) < 4.78 is 1.83. The molecule has 4 aromatic rings. The quantitative estimate of drug-likeness (QED) is 0.541. The minimum atomic E-state index is 0.0920. The Balaban J connectivity index is 1.38. The summed E-state index contributed by atoms with van der Waals surface area (Å²) in [5.41, 5.74) is 4.77. The second-order valence-electron chi connectivity index (χ2n) is 7.48. The molecule has 4 heterocycles. The molecule has 1 fully saturated rings. The molecule has 0 spiro atoms. The monoisotopic (exact) mass is 383 g/mol. The summed E-state index contributed by atoms with van der Waals surface area (Å²) in [6.07, 6.45) is 6.44. The van der Waals surface area contributed by atoms with Crippen molar-refractivity contribution in [3.05, 3.63) is 84.1 Å². The Hall–Kier alpha value is -3.54. The van der Waals surface area contributed by atoms with E-state index >= 15 is 0 Å². The third-order valence-corrected chi connectivity index (χ3v) is 5.58. The van der Waals surface area contributed by atoms with Crippen molar-refractivity contribution in [2.75, 3.05) is 13.1 Å². The largest absolute Gasteiger partial charge is 0.338 e. The average Bonchev–Trinajstić information content (AvgIpc) is 3.41. The molecule has 1 amide bonds. The smallest absolute Gasteiger partial charge is 0.254 e. The lowest BCUT2D eigenvalue weighted by Gasteiger charge is -2.17. The molecule has 1 atom stereocenters. The standard InChI is InChI=1S/C23H21N5O/c1-16-4-2-3-5-20(16)23(29)27-13-10-19(14-27)22-25-21-7-6-18(15-28(21)26-22)17-8-11-24-12-9-17/h2-9,11-12,15,19H,10,13-14H2,1H3/t19-/m1/s1. The van der Waals surface area contributed by atoms with Gasteiger partial charge < -0.3 is 4.90 Å². The van der Waals surface area contributed by atoms with E-state index in [0.717, 1.165) is 46.7 Å². The van der Waals surface area contributed by atoms with Gasteiger partial charge in [0.05, 0.1) is 0 Å². The predicted octanol–water partition coefficient (Wildman–Crippen LogP) is 3.73. The zero-order chi connectivity index (χ0) is 19.8. The van der Waals surface area contributed by atoms with E-state index in [1.54, 1.807) is 12.4 Å². The van der Waals surface area contributed by atoms with Gasteiger partial charge in [0.1, 0.15) is 0 Å². The van der Waals surface area contributed by atoms with E-state index in [-0.39, 0.29) is 11.8 Å². The number of aryl methyl sites for hydroxylation is 1. The maximum atomic E-state index is 12.9. The first-order chi connectivity index (χ1) is 14.2. The minimum Gasteiger partial charge on any atom is -0.338 e. The molecule has 6 heteroatoms. The van der Waals surface area contributed by atoms with E-state index < -0.39 is 0 Å². The number of benzene rings is 1. The summed E-state index contributed by atoms with van der Waals surface area (Å²) in [6, 6.07) is 15.7. The van der Waals surface area contributed by atoms with Gasteiger partial charge in [-0.25, -0.2) is 9.50 Å². The highest BCUT2D eigenvalue weighted by Crippen LogP contribution is 2.27. The van der Waals surface area contributed by atoms with Crippen molar-refractivity contribution in [1.29, 1.82) is 0 Å². The molecule has 0 N–H and O–H groups in total. The number of carbonyl (C=O) groups is 1. The van der Waals surface area contributed by atoms with Crippen LogP contribution in [0.3, 0.4) is 0 Å². The molecule has 0 aliphatic carbocycles. The van der Waals surface area contributed by atoms with Gasteiger partial charge in [0.15, 0.2) is 11.5 Å². The Morgan fingerprint density at radius 3 is 2.69 bits per heavy atom. The Morgan fingerprint density at radius 1 is 1.03 bits per heavy atom. The second-order valence-corrected chi connectivity index (χ2v) is 7.48. The molecule has 144 valence electrons. The lowest BCUT2D eigenvalue weighted by atomic mass is 10.1. The molecule has 1 aliphatic rings. The topological polar surface area (TPSA) is 63.4 Å². The first kappa shape index (κ1) is 17.6. The number of likely N-dealkylation sites (tertiary alicyclic amines) is 1. The van der Waals surface area contributed by atoms with Crippen molar-refractivity contribution < 1.29 is 4.79 Å². The van der Waals surface area contributed by atoms with Crippen molar-refractivity contribution in [3.8, 4) is 11.1 Å². The summed E-state index contributed by atoms with van der Waals surface area (Å²) in [7, 11) is 0. The molecule has 5 rings (SSSR count). The third kappa shape index (κ3) is 3.27. The van der Waals surface area contributed by atoms with Crippen LogP contribution in [0, 0.1) is 6.92 Å². The van der Waals surface area contributed by atoms with Crippen LogP contribution in [0.2, 0.25) is 0 Å². The Kier molecular flexibility index (Phi) is 4.31. The van der Waals surface area contributed by atoms with Crippen molar-refractivity contribution in [2.24, 2.45) is 0 Å². The number of nitrogens with zero attached hydrogens (tertiary/aromatic N) is 5. The molecule has 29 heavy (non-hydrogen) atoms. The first-order valence-corrected chi connectivity index (χ1v) is 9.81. The second kappa shape index (κ2) is 7.13. The van der Waals surface area contributed by atoms with Crippen LogP contribution in [0.5, 0.6) is 0 Å². The minimum absolute atomic E-state index is 0.0920. The van der Waals surface area contributed by atoms with E-state index in [4.69, 9.17) is 10.1 Å². The van der Waals surface area contributed by atoms with Crippen LogP contribution in [0.4, 0.5) is 0 Å². The molecule has 3 aromatic heterocycles. The van der Waals surface area contributed by atoms with Crippen LogP contribution >= 0.6 is 0 Å². The van der Waals surface area contributed by atoms with Gasteiger partial charge in [-0.3, -0.25) is 9.78 Å². The summed E-state index contributed by atoms with van der Waals surface area (Å²) >= 11 is 0. The van der Waals surface area contributed by atoms with E-state index in [2.05, 4.69) is 4.98 Å². The SMILES string of the molecule is Cc1ccccc1C(=O)N1CC[C@@H](c2nc3ccc(-c4ccncc4)cn3n2)C1. The molecule has 0 radical (unpaired) electrons. The number of fused-ring (bicyclic) bond motifs is 1. The predicted molar refractivity (Wildman–Crippen MR) is 111 cm³/mol. The van der Waals surface area contributed by atoms with Gasteiger partial charge in [-0.05, 0) is 54.8 Å². The van der Waals surface area contributed by atoms with E-state index in [1.807, 2.05) is 71.1 Å². The first-order valence-electron chi connectivity index (χ1n) is 9.81.